The lowest BCUT2D eigenvalue weighted by atomic mass is 9.95. The quantitative estimate of drug-likeness (QED) is 0.656. The maximum absolute atomic E-state index is 5.80. The van der Waals surface area contributed by atoms with Crippen molar-refractivity contribution >= 4 is 11.5 Å². The third kappa shape index (κ3) is 2.16. The predicted molar refractivity (Wildman–Crippen MR) is 74.7 cm³/mol. The van der Waals surface area contributed by atoms with Gasteiger partial charge >= 0.3 is 0 Å². The van der Waals surface area contributed by atoms with Gasteiger partial charge in [-0.3, -0.25) is 16.3 Å². The lowest BCUT2D eigenvalue weighted by molar-refractivity contribution is 0.450. The van der Waals surface area contributed by atoms with E-state index in [0.29, 0.717) is 5.92 Å². The Kier molecular flexibility index (Phi) is 3.54. The van der Waals surface area contributed by atoms with Crippen LogP contribution in [0.3, 0.4) is 0 Å². The number of aromatic nitrogens is 3. The van der Waals surface area contributed by atoms with E-state index in [9.17, 15) is 0 Å². The lowest BCUT2D eigenvalue weighted by Gasteiger charge is -2.22. The molecule has 3 rings (SSSR count). The van der Waals surface area contributed by atoms with Gasteiger partial charge in [-0.2, -0.15) is 0 Å². The summed E-state index contributed by atoms with van der Waals surface area (Å²) in [6, 6.07) is 4.21. The van der Waals surface area contributed by atoms with E-state index < -0.39 is 0 Å². The van der Waals surface area contributed by atoms with Crippen molar-refractivity contribution in [2.75, 3.05) is 0 Å². The summed E-state index contributed by atoms with van der Waals surface area (Å²) in [4.78, 5) is 5.69. The monoisotopic (exact) mass is 275 g/mol. The average molecular weight is 275 g/mol. The molecule has 2 aromatic heterocycles. The third-order valence-corrected chi connectivity index (χ3v) is 4.64. The summed E-state index contributed by atoms with van der Waals surface area (Å²) in [6.07, 6.45) is 4.88. The predicted octanol–water partition coefficient (Wildman–Crippen LogP) is 1.73. The van der Waals surface area contributed by atoms with Crippen LogP contribution in [0.2, 0.25) is 0 Å². The van der Waals surface area contributed by atoms with Crippen LogP contribution in [0.25, 0.3) is 0 Å². The van der Waals surface area contributed by atoms with Gasteiger partial charge in [-0.25, -0.2) is 0 Å². The summed E-state index contributed by atoms with van der Waals surface area (Å²) in [5, 5.41) is 4.18. The van der Waals surface area contributed by atoms with Gasteiger partial charge in [0.05, 0.1) is 16.6 Å². The highest BCUT2D eigenvalue weighted by molar-refractivity contribution is 7.05. The molecule has 2 atom stereocenters. The Morgan fingerprint density at radius 3 is 3.26 bits per heavy atom. The molecule has 2 heterocycles. The molecule has 0 saturated heterocycles. The number of pyridine rings is 1. The van der Waals surface area contributed by atoms with E-state index in [0.717, 1.165) is 29.8 Å². The van der Waals surface area contributed by atoms with E-state index in [1.54, 1.807) is 0 Å². The Morgan fingerprint density at radius 2 is 2.47 bits per heavy atom. The molecule has 1 aliphatic rings. The number of nitrogens with one attached hydrogen (secondary N) is 1. The van der Waals surface area contributed by atoms with Gasteiger partial charge in [-0.15, -0.1) is 5.10 Å². The maximum atomic E-state index is 5.80. The number of hydrazine groups is 1. The van der Waals surface area contributed by atoms with E-state index in [2.05, 4.69) is 33.0 Å². The minimum absolute atomic E-state index is 0.0612. The minimum Gasteiger partial charge on any atom is -0.271 e. The third-order valence-electron chi connectivity index (χ3n) is 3.79. The second-order valence-corrected chi connectivity index (χ2v) is 5.56. The van der Waals surface area contributed by atoms with Gasteiger partial charge < -0.3 is 0 Å². The number of aryl methyl sites for hydroxylation is 2. The van der Waals surface area contributed by atoms with Crippen LogP contribution in [0, 0.1) is 0 Å². The fourth-order valence-electron chi connectivity index (χ4n) is 2.84. The van der Waals surface area contributed by atoms with Crippen LogP contribution in [-0.2, 0) is 12.8 Å². The van der Waals surface area contributed by atoms with Crippen molar-refractivity contribution in [1.29, 1.82) is 0 Å². The summed E-state index contributed by atoms with van der Waals surface area (Å²) < 4.78 is 4.06. The fraction of sp³-hybridized carbons (Fsp3) is 0.462. The molecule has 0 aromatic carbocycles. The molecular weight excluding hydrogens is 258 g/mol. The highest BCUT2D eigenvalue weighted by atomic mass is 32.1. The fourth-order valence-corrected chi connectivity index (χ4v) is 3.70. The minimum atomic E-state index is 0.0612. The maximum Gasteiger partial charge on any atom is 0.0801 e. The van der Waals surface area contributed by atoms with Crippen molar-refractivity contribution in [1.82, 2.24) is 20.0 Å². The van der Waals surface area contributed by atoms with Crippen LogP contribution in [0.4, 0.5) is 0 Å². The van der Waals surface area contributed by atoms with Gasteiger partial charge in [0.1, 0.15) is 0 Å². The smallest absolute Gasteiger partial charge is 0.0801 e. The Bertz CT molecular complexity index is 568. The highest BCUT2D eigenvalue weighted by Gasteiger charge is 2.33. The van der Waals surface area contributed by atoms with E-state index in [-0.39, 0.29) is 6.04 Å². The van der Waals surface area contributed by atoms with Crippen LogP contribution < -0.4 is 11.3 Å². The molecule has 5 nitrogen and oxygen atoms in total. The molecule has 1 aliphatic carbocycles. The summed E-state index contributed by atoms with van der Waals surface area (Å²) >= 11 is 1.44. The second-order valence-electron chi connectivity index (χ2n) is 4.77. The van der Waals surface area contributed by atoms with Gasteiger partial charge in [0.2, 0.25) is 0 Å². The van der Waals surface area contributed by atoms with Crippen molar-refractivity contribution in [3.8, 4) is 0 Å². The zero-order valence-electron chi connectivity index (χ0n) is 10.8. The number of fused-ring (bicyclic) bond motifs is 1. The molecule has 0 spiro atoms. The van der Waals surface area contributed by atoms with Crippen LogP contribution in [0.5, 0.6) is 0 Å². The molecule has 19 heavy (non-hydrogen) atoms. The van der Waals surface area contributed by atoms with Crippen molar-refractivity contribution in [3.05, 3.63) is 40.2 Å². The van der Waals surface area contributed by atoms with Crippen LogP contribution in [0.1, 0.15) is 47.1 Å². The summed E-state index contributed by atoms with van der Waals surface area (Å²) in [5.41, 5.74) is 6.50. The van der Waals surface area contributed by atoms with Gasteiger partial charge in [-0.05, 0) is 42.4 Å². The number of nitrogens with two attached hydrogens (primary N) is 1. The molecular formula is C13H17N5S. The molecule has 100 valence electrons. The molecule has 0 bridgehead atoms. The highest BCUT2D eigenvalue weighted by Crippen LogP contribution is 2.41. The number of hydrogen-bond acceptors (Lipinski definition) is 6. The van der Waals surface area contributed by atoms with E-state index in [4.69, 9.17) is 5.84 Å². The van der Waals surface area contributed by atoms with Gasteiger partial charge in [0.25, 0.3) is 0 Å². The Balaban J connectivity index is 1.97. The van der Waals surface area contributed by atoms with Crippen molar-refractivity contribution < 1.29 is 0 Å². The number of nitrogens with zero attached hydrogens (tertiary/aromatic N) is 3. The molecule has 0 radical (unpaired) electrons. The Hall–Kier alpha value is -1.37. The zero-order valence-corrected chi connectivity index (χ0v) is 11.7. The Labute approximate surface area is 116 Å². The first kappa shape index (κ1) is 12.7. The molecule has 6 heteroatoms. The van der Waals surface area contributed by atoms with Crippen molar-refractivity contribution in [2.45, 2.75) is 38.1 Å². The second kappa shape index (κ2) is 5.32. The van der Waals surface area contributed by atoms with Gasteiger partial charge in [0.15, 0.2) is 0 Å². The SMILES string of the molecule is CCc1nnsc1C(NN)C1CCc2cccnc21. The average Bonchev–Trinajstić information content (AvgIpc) is 3.07. The molecule has 0 fully saturated rings. The first-order valence-corrected chi connectivity index (χ1v) is 7.33. The Morgan fingerprint density at radius 1 is 1.58 bits per heavy atom. The summed E-state index contributed by atoms with van der Waals surface area (Å²) in [6.45, 7) is 2.09. The van der Waals surface area contributed by atoms with E-state index >= 15 is 0 Å². The molecule has 0 amide bonds. The van der Waals surface area contributed by atoms with Crippen LogP contribution in [-0.4, -0.2) is 14.6 Å². The molecule has 3 N–H and O–H groups in total. The van der Waals surface area contributed by atoms with Crippen molar-refractivity contribution in [3.63, 3.8) is 0 Å². The van der Waals surface area contributed by atoms with Gasteiger partial charge in [0, 0.05) is 17.8 Å². The largest absolute Gasteiger partial charge is 0.271 e. The standard InChI is InChI=1S/C13H17N5S/c1-2-10-13(19-18-17-10)12(16-14)9-6-5-8-4-3-7-15-11(8)9/h3-4,7,9,12,16H,2,5-6,14H2,1H3. The summed E-state index contributed by atoms with van der Waals surface area (Å²) in [5.74, 6) is 6.11. The molecule has 0 aliphatic heterocycles. The summed E-state index contributed by atoms with van der Waals surface area (Å²) in [7, 11) is 0. The van der Waals surface area contributed by atoms with Crippen LogP contribution in [0.15, 0.2) is 18.3 Å². The molecule has 2 aromatic rings. The lowest BCUT2D eigenvalue weighted by Crippen LogP contribution is -2.32. The first-order chi connectivity index (χ1) is 9.35. The van der Waals surface area contributed by atoms with E-state index in [1.165, 1.54) is 22.8 Å². The number of hydrogen-bond donors (Lipinski definition) is 2. The van der Waals surface area contributed by atoms with Crippen molar-refractivity contribution in [2.24, 2.45) is 5.84 Å². The zero-order chi connectivity index (χ0) is 13.2. The number of rotatable bonds is 4. The normalized spacial score (nSPS) is 19.4. The first-order valence-electron chi connectivity index (χ1n) is 6.56. The molecule has 2 unspecified atom stereocenters. The topological polar surface area (TPSA) is 76.7 Å². The van der Waals surface area contributed by atoms with Crippen LogP contribution >= 0.6 is 11.5 Å². The van der Waals surface area contributed by atoms with Gasteiger partial charge in [-0.1, -0.05) is 17.5 Å². The molecule has 0 saturated carbocycles. The van der Waals surface area contributed by atoms with E-state index in [1.807, 2.05) is 12.3 Å².